The van der Waals surface area contributed by atoms with E-state index in [1.807, 2.05) is 35.9 Å². The number of imide groups is 1. The molecule has 0 saturated carbocycles. The fourth-order valence-electron chi connectivity index (χ4n) is 4.80. The van der Waals surface area contributed by atoms with Crippen LogP contribution in [-0.4, -0.2) is 48.1 Å². The van der Waals surface area contributed by atoms with Crippen molar-refractivity contribution in [3.63, 3.8) is 0 Å². The van der Waals surface area contributed by atoms with Gasteiger partial charge in [-0.3, -0.25) is 25.0 Å². The number of carbonyl (C=O) groups excluding carboxylic acids is 2. The van der Waals surface area contributed by atoms with E-state index < -0.39 is 6.03 Å². The van der Waals surface area contributed by atoms with Gasteiger partial charge < -0.3 is 9.30 Å². The normalized spacial score (nSPS) is 15.6. The van der Waals surface area contributed by atoms with Gasteiger partial charge >= 0.3 is 6.03 Å². The van der Waals surface area contributed by atoms with Crippen LogP contribution < -0.4 is 15.0 Å². The lowest BCUT2D eigenvalue weighted by Crippen LogP contribution is -2.50. The molecule has 0 unspecified atom stereocenters. The lowest BCUT2D eigenvalue weighted by molar-refractivity contribution is -0.120. The summed E-state index contributed by atoms with van der Waals surface area (Å²) in [5.74, 6) is 3.07. The Balaban J connectivity index is 1.10. The Labute approximate surface area is 223 Å². The number of urea groups is 1. The molecule has 0 aliphatic carbocycles. The molecule has 6 rings (SSSR count). The van der Waals surface area contributed by atoms with Crippen molar-refractivity contribution in [1.29, 1.82) is 0 Å². The summed E-state index contributed by atoms with van der Waals surface area (Å²) >= 11 is 6.15. The van der Waals surface area contributed by atoms with Gasteiger partial charge in [-0.05, 0) is 29.3 Å². The second-order valence-corrected chi connectivity index (χ2v) is 9.71. The number of imidazole rings is 1. The van der Waals surface area contributed by atoms with Gasteiger partial charge in [0.05, 0.1) is 17.8 Å². The number of H-pyrrole nitrogens is 1. The summed E-state index contributed by atoms with van der Waals surface area (Å²) in [5, 5.41) is 10.2. The zero-order valence-electron chi connectivity index (χ0n) is 20.6. The molecule has 1 fully saturated rings. The molecule has 38 heavy (non-hydrogen) atoms. The van der Waals surface area contributed by atoms with Crippen LogP contribution >= 0.6 is 11.6 Å². The monoisotopic (exact) mass is 532 g/mol. The molecule has 0 spiro atoms. The van der Waals surface area contributed by atoms with Crippen LogP contribution in [0.3, 0.4) is 0 Å². The highest BCUT2D eigenvalue weighted by Gasteiger charge is 2.28. The number of fused-ring (bicyclic) bond motifs is 1. The molecule has 0 bridgehead atoms. The van der Waals surface area contributed by atoms with Crippen LogP contribution in [0.2, 0.25) is 5.02 Å². The molecule has 4 aromatic rings. The molecule has 194 valence electrons. The van der Waals surface area contributed by atoms with Gasteiger partial charge in [0.15, 0.2) is 11.6 Å². The molecule has 2 aliphatic heterocycles. The first-order valence-electron chi connectivity index (χ1n) is 12.2. The molecule has 4 heterocycles. The number of hydrogen-bond acceptors (Lipinski definition) is 7. The quantitative estimate of drug-likeness (QED) is 0.374. The summed E-state index contributed by atoms with van der Waals surface area (Å²) in [7, 11) is 1.87. The number of rotatable bonds is 7. The largest absolute Gasteiger partial charge is 0.484 e. The van der Waals surface area contributed by atoms with Crippen molar-refractivity contribution in [1.82, 2.24) is 34.9 Å². The number of amides is 3. The maximum absolute atomic E-state index is 12.3. The second kappa shape index (κ2) is 9.92. The fraction of sp³-hybridized carbons (Fsp3) is 0.269. The van der Waals surface area contributed by atoms with Crippen LogP contribution in [0.5, 0.6) is 5.75 Å². The van der Waals surface area contributed by atoms with Crippen LogP contribution in [0.25, 0.3) is 11.4 Å². The highest BCUT2D eigenvalue weighted by atomic mass is 35.5. The highest BCUT2D eigenvalue weighted by Crippen LogP contribution is 2.31. The molecule has 12 heteroatoms. The number of benzene rings is 2. The molecule has 11 nitrogen and oxygen atoms in total. The molecule has 3 amide bonds. The number of anilines is 1. The van der Waals surface area contributed by atoms with Gasteiger partial charge in [-0.15, -0.1) is 0 Å². The zero-order chi connectivity index (χ0) is 26.2. The highest BCUT2D eigenvalue weighted by molar-refractivity contribution is 6.32. The molecule has 2 N–H and O–H groups in total. The van der Waals surface area contributed by atoms with Crippen LogP contribution in [0.4, 0.5) is 10.6 Å². The zero-order valence-corrected chi connectivity index (χ0v) is 21.4. The number of aromatic nitrogens is 5. The maximum atomic E-state index is 12.3. The van der Waals surface area contributed by atoms with Crippen LogP contribution in [0.15, 0.2) is 48.7 Å². The number of ether oxygens (including phenoxy) is 1. The molecule has 0 radical (unpaired) electrons. The smallest absolute Gasteiger partial charge is 0.329 e. The lowest BCUT2D eigenvalue weighted by Gasteiger charge is -2.26. The summed E-state index contributed by atoms with van der Waals surface area (Å²) < 4.78 is 7.62. The van der Waals surface area contributed by atoms with Crippen LogP contribution in [-0.2, 0) is 38.1 Å². The summed E-state index contributed by atoms with van der Waals surface area (Å²) in [6.07, 6.45) is 1.93. The summed E-state index contributed by atoms with van der Waals surface area (Å²) in [6.45, 7) is 2.74. The van der Waals surface area contributed by atoms with E-state index in [0.29, 0.717) is 41.3 Å². The Kier molecular flexibility index (Phi) is 6.30. The van der Waals surface area contributed by atoms with Gasteiger partial charge in [-0.1, -0.05) is 35.9 Å². The molecule has 0 atom stereocenters. The van der Waals surface area contributed by atoms with Crippen molar-refractivity contribution in [3.8, 4) is 17.1 Å². The van der Waals surface area contributed by atoms with Crippen molar-refractivity contribution >= 4 is 29.4 Å². The van der Waals surface area contributed by atoms with Gasteiger partial charge in [-0.2, -0.15) is 5.10 Å². The molecule has 2 aliphatic rings. The summed E-state index contributed by atoms with van der Waals surface area (Å²) in [6, 6.07) is 13.2. The lowest BCUT2D eigenvalue weighted by atomic mass is 10.1. The SMILES string of the molecule is Cn1c(N2CCC(=O)NC2=O)cnc1-c1ccc2c(c1)CN(Cc1n[nH]c(COc3ccccc3Cl)n1)C2. The third-order valence-corrected chi connectivity index (χ3v) is 7.00. The molecule has 2 aromatic heterocycles. The van der Waals surface area contributed by atoms with E-state index in [0.717, 1.165) is 24.5 Å². The predicted molar refractivity (Wildman–Crippen MR) is 139 cm³/mol. The molecular weight excluding hydrogens is 508 g/mol. The van der Waals surface area contributed by atoms with E-state index in [2.05, 4.69) is 42.5 Å². The maximum Gasteiger partial charge on any atom is 0.329 e. The second-order valence-electron chi connectivity index (χ2n) is 9.30. The number of halogens is 1. The Morgan fingerprint density at radius 2 is 1.95 bits per heavy atom. The Morgan fingerprint density at radius 1 is 1.11 bits per heavy atom. The Hall–Kier alpha value is -4.22. The van der Waals surface area contributed by atoms with Crippen molar-refractivity contribution < 1.29 is 14.3 Å². The van der Waals surface area contributed by atoms with E-state index >= 15 is 0 Å². The van der Waals surface area contributed by atoms with Crippen molar-refractivity contribution in [2.45, 2.75) is 32.7 Å². The predicted octanol–water partition coefficient (Wildman–Crippen LogP) is 3.40. The van der Waals surface area contributed by atoms with Crippen LogP contribution in [0.1, 0.15) is 29.2 Å². The van der Waals surface area contributed by atoms with E-state index in [1.54, 1.807) is 12.3 Å². The third-order valence-electron chi connectivity index (χ3n) is 6.69. The Bertz CT molecular complexity index is 1530. The van der Waals surface area contributed by atoms with E-state index in [-0.39, 0.29) is 18.9 Å². The topological polar surface area (TPSA) is 121 Å². The van der Waals surface area contributed by atoms with Gasteiger partial charge in [0.25, 0.3) is 0 Å². The van der Waals surface area contributed by atoms with Gasteiger partial charge in [0.2, 0.25) is 5.91 Å². The third kappa shape index (κ3) is 4.73. The van der Waals surface area contributed by atoms with Crippen molar-refractivity contribution in [2.75, 3.05) is 11.4 Å². The summed E-state index contributed by atoms with van der Waals surface area (Å²) in [5.41, 5.74) is 3.42. The first-order valence-corrected chi connectivity index (χ1v) is 12.6. The van der Waals surface area contributed by atoms with Crippen molar-refractivity contribution in [3.05, 3.63) is 76.5 Å². The van der Waals surface area contributed by atoms with Gasteiger partial charge in [0.1, 0.15) is 24.0 Å². The minimum atomic E-state index is -0.425. The number of carbonyl (C=O) groups is 2. The average molecular weight is 533 g/mol. The minimum absolute atomic E-state index is 0.251. The standard InChI is InChI=1S/C26H25ClN8O3/c1-33-24(35-9-8-23(36)30-26(35)37)11-28-25(33)16-6-7-17-12-34(13-18(17)10-16)14-21-29-22(32-31-21)15-38-20-5-3-2-4-19(20)27/h2-7,10-11H,8-9,12-15H2,1H3,(H,29,31,32)(H,30,36,37). The molecular formula is C26H25ClN8O3. The number of nitrogens with zero attached hydrogens (tertiary/aromatic N) is 6. The first-order chi connectivity index (χ1) is 18.4. The number of nitrogens with one attached hydrogen (secondary N) is 2. The first kappa shape index (κ1) is 24.1. The number of hydrogen-bond donors (Lipinski definition) is 2. The molecule has 1 saturated heterocycles. The summed E-state index contributed by atoms with van der Waals surface area (Å²) in [4.78, 5) is 36.7. The van der Waals surface area contributed by atoms with Gasteiger partial charge in [-0.25, -0.2) is 14.8 Å². The molecule has 2 aromatic carbocycles. The van der Waals surface area contributed by atoms with E-state index in [1.165, 1.54) is 16.0 Å². The van der Waals surface area contributed by atoms with E-state index in [9.17, 15) is 9.59 Å². The number of aromatic amines is 1. The minimum Gasteiger partial charge on any atom is -0.484 e. The van der Waals surface area contributed by atoms with Gasteiger partial charge in [0, 0.05) is 38.7 Å². The van der Waals surface area contributed by atoms with Crippen LogP contribution in [0, 0.1) is 0 Å². The van der Waals surface area contributed by atoms with Crippen molar-refractivity contribution in [2.24, 2.45) is 7.05 Å². The van der Waals surface area contributed by atoms with E-state index in [4.69, 9.17) is 16.3 Å². The average Bonchev–Trinajstić information content (AvgIpc) is 3.62. The fourth-order valence-corrected chi connectivity index (χ4v) is 4.99. The Morgan fingerprint density at radius 3 is 2.79 bits per heavy atom. The number of para-hydroxylation sites is 1.